The molecule has 0 bridgehead atoms. The molecule has 168 valence electrons. The summed E-state index contributed by atoms with van der Waals surface area (Å²) in [5.41, 5.74) is 3.24. The van der Waals surface area contributed by atoms with Crippen LogP contribution in [0.4, 0.5) is 11.4 Å². The van der Waals surface area contributed by atoms with E-state index in [0.29, 0.717) is 21.4 Å². The molecule has 3 amide bonds. The first-order valence-electron chi connectivity index (χ1n) is 10.2. The van der Waals surface area contributed by atoms with E-state index in [2.05, 4.69) is 26.6 Å². The summed E-state index contributed by atoms with van der Waals surface area (Å²) < 4.78 is 0. The number of benzene rings is 2. The second-order valence-corrected chi connectivity index (χ2v) is 9.03. The quantitative estimate of drug-likeness (QED) is 0.466. The van der Waals surface area contributed by atoms with Crippen molar-refractivity contribution in [3.8, 4) is 0 Å². The number of carbonyl (C=O) groups excluding carboxylic acids is 3. The fourth-order valence-electron chi connectivity index (χ4n) is 4.24. The molecular formula is C22H23Cl2N5O3. The Bertz CT molecular complexity index is 1050. The number of nitrogens with one attached hydrogen (secondary N) is 5. The predicted octanol–water partition coefficient (Wildman–Crippen LogP) is 2.74. The van der Waals surface area contributed by atoms with Crippen LogP contribution in [0.5, 0.6) is 0 Å². The lowest BCUT2D eigenvalue weighted by atomic mass is 9.81. The van der Waals surface area contributed by atoms with Crippen LogP contribution in [0, 0.1) is 25.7 Å². The van der Waals surface area contributed by atoms with Gasteiger partial charge in [-0.3, -0.25) is 19.7 Å². The second-order valence-electron chi connectivity index (χ2n) is 8.16. The number of halogens is 2. The summed E-state index contributed by atoms with van der Waals surface area (Å²) in [5, 5.41) is 15.5. The van der Waals surface area contributed by atoms with Gasteiger partial charge >= 0.3 is 0 Å². The molecule has 4 rings (SSSR count). The molecule has 2 aliphatic rings. The summed E-state index contributed by atoms with van der Waals surface area (Å²) in [6, 6.07) is 10.6. The van der Waals surface area contributed by atoms with Gasteiger partial charge in [0, 0.05) is 27.8 Å². The Kier molecular flexibility index (Phi) is 6.28. The lowest BCUT2D eigenvalue weighted by molar-refractivity contribution is -0.144. The molecule has 0 aromatic heterocycles. The Morgan fingerprint density at radius 3 is 2.25 bits per heavy atom. The van der Waals surface area contributed by atoms with Crippen molar-refractivity contribution in [2.75, 3.05) is 10.6 Å². The maximum Gasteiger partial charge on any atom is 0.229 e. The van der Waals surface area contributed by atoms with Crippen molar-refractivity contribution < 1.29 is 14.4 Å². The molecule has 2 saturated heterocycles. The van der Waals surface area contributed by atoms with Crippen LogP contribution in [0.15, 0.2) is 36.4 Å². The number of rotatable bonds is 4. The molecule has 2 aromatic rings. The summed E-state index contributed by atoms with van der Waals surface area (Å²) in [7, 11) is 0. The maximum absolute atomic E-state index is 13.0. The monoisotopic (exact) mass is 475 g/mol. The fourth-order valence-corrected chi connectivity index (χ4v) is 4.77. The third-order valence-corrected chi connectivity index (χ3v) is 5.89. The van der Waals surface area contributed by atoms with E-state index < -0.39 is 24.3 Å². The Morgan fingerprint density at radius 2 is 1.59 bits per heavy atom. The van der Waals surface area contributed by atoms with Gasteiger partial charge in [-0.2, -0.15) is 0 Å². The molecular weight excluding hydrogens is 453 g/mol. The Morgan fingerprint density at radius 1 is 0.938 bits per heavy atom. The Hall–Kier alpha value is -2.81. The van der Waals surface area contributed by atoms with Crippen molar-refractivity contribution in [1.29, 1.82) is 0 Å². The van der Waals surface area contributed by atoms with Gasteiger partial charge in [0.15, 0.2) is 6.29 Å². The zero-order chi connectivity index (χ0) is 23.0. The zero-order valence-corrected chi connectivity index (χ0v) is 19.0. The smallest absolute Gasteiger partial charge is 0.229 e. The van der Waals surface area contributed by atoms with Crippen LogP contribution in [-0.2, 0) is 14.4 Å². The minimum absolute atomic E-state index is 0.0745. The van der Waals surface area contributed by atoms with Crippen LogP contribution in [0.25, 0.3) is 0 Å². The first kappa shape index (κ1) is 22.4. The van der Waals surface area contributed by atoms with E-state index in [1.165, 1.54) is 0 Å². The summed E-state index contributed by atoms with van der Waals surface area (Å²) >= 11 is 12.1. The molecule has 5 N–H and O–H groups in total. The minimum Gasteiger partial charge on any atom is -0.353 e. The highest BCUT2D eigenvalue weighted by Crippen LogP contribution is 2.29. The van der Waals surface area contributed by atoms with Gasteiger partial charge in [-0.25, -0.2) is 0 Å². The number of piperidine rings is 1. The molecule has 0 radical (unpaired) electrons. The standard InChI is InChI=1S/C22H23Cl2N5O3/c1-10-3-11(2)5-14(4-10)25-20(31)16-9-17(30)27-19-18(16)21(32)29-22(28-19)26-15-7-12(23)6-13(24)8-15/h3-8,16,18-19,22,26,28H,9H2,1-2H3,(H,25,31)(H,27,30)(H,29,32). The Labute approximate surface area is 195 Å². The summed E-state index contributed by atoms with van der Waals surface area (Å²) in [6.45, 7) is 3.87. The number of carbonyl (C=O) groups is 3. The second kappa shape index (κ2) is 8.97. The van der Waals surface area contributed by atoms with Gasteiger partial charge in [0.25, 0.3) is 0 Å². The lowest BCUT2D eigenvalue weighted by Crippen LogP contribution is -2.72. The van der Waals surface area contributed by atoms with Gasteiger partial charge in [-0.1, -0.05) is 29.3 Å². The van der Waals surface area contributed by atoms with Crippen LogP contribution in [0.1, 0.15) is 17.5 Å². The molecule has 0 spiro atoms. The first-order chi connectivity index (χ1) is 15.2. The number of aryl methyl sites for hydroxylation is 2. The average Bonchev–Trinajstić information content (AvgIpc) is 2.65. The van der Waals surface area contributed by atoms with E-state index in [0.717, 1.165) is 11.1 Å². The van der Waals surface area contributed by atoms with Crippen molar-refractivity contribution >= 4 is 52.3 Å². The molecule has 10 heteroatoms. The van der Waals surface area contributed by atoms with Gasteiger partial charge in [0.2, 0.25) is 17.7 Å². The van der Waals surface area contributed by atoms with Crippen molar-refractivity contribution in [1.82, 2.24) is 16.0 Å². The molecule has 0 aliphatic carbocycles. The van der Waals surface area contributed by atoms with Crippen LogP contribution in [-0.4, -0.2) is 30.2 Å². The van der Waals surface area contributed by atoms with Gasteiger partial charge in [-0.15, -0.1) is 0 Å². The molecule has 2 heterocycles. The minimum atomic E-state index is -0.816. The van der Waals surface area contributed by atoms with E-state index >= 15 is 0 Å². The van der Waals surface area contributed by atoms with E-state index in [1.807, 2.05) is 32.0 Å². The van der Waals surface area contributed by atoms with Crippen molar-refractivity contribution in [2.45, 2.75) is 32.7 Å². The molecule has 2 aromatic carbocycles. The number of anilines is 2. The van der Waals surface area contributed by atoms with Gasteiger partial charge < -0.3 is 21.3 Å². The number of fused-ring (bicyclic) bond motifs is 1. The molecule has 32 heavy (non-hydrogen) atoms. The molecule has 2 aliphatic heterocycles. The lowest BCUT2D eigenvalue weighted by Gasteiger charge is -2.43. The van der Waals surface area contributed by atoms with Crippen molar-refractivity contribution in [3.05, 3.63) is 57.6 Å². The van der Waals surface area contributed by atoms with Crippen molar-refractivity contribution in [3.63, 3.8) is 0 Å². The summed E-state index contributed by atoms with van der Waals surface area (Å²) in [5.74, 6) is -2.61. The van der Waals surface area contributed by atoms with Crippen LogP contribution >= 0.6 is 23.2 Å². The van der Waals surface area contributed by atoms with E-state index in [-0.39, 0.29) is 24.1 Å². The van der Waals surface area contributed by atoms with Crippen molar-refractivity contribution in [2.24, 2.45) is 11.8 Å². The number of amides is 3. The largest absolute Gasteiger partial charge is 0.353 e. The van der Waals surface area contributed by atoms with Crippen LogP contribution in [0.3, 0.4) is 0 Å². The normalized spacial score (nSPS) is 24.8. The summed E-state index contributed by atoms with van der Waals surface area (Å²) in [4.78, 5) is 38.3. The average molecular weight is 476 g/mol. The molecule has 4 atom stereocenters. The fraction of sp³-hybridized carbons (Fsp3) is 0.318. The highest BCUT2D eigenvalue weighted by atomic mass is 35.5. The highest BCUT2D eigenvalue weighted by molar-refractivity contribution is 6.35. The molecule has 8 nitrogen and oxygen atoms in total. The summed E-state index contributed by atoms with van der Waals surface area (Å²) in [6.07, 6.45) is -1.48. The molecule has 0 saturated carbocycles. The zero-order valence-electron chi connectivity index (χ0n) is 17.5. The third-order valence-electron chi connectivity index (χ3n) is 5.45. The van der Waals surface area contributed by atoms with Gasteiger partial charge in [0.1, 0.15) is 0 Å². The number of hydrogen-bond acceptors (Lipinski definition) is 5. The first-order valence-corrected chi connectivity index (χ1v) is 10.9. The van der Waals surface area contributed by atoms with Gasteiger partial charge in [-0.05, 0) is 55.3 Å². The SMILES string of the molecule is Cc1cc(C)cc(NC(=O)C2CC(=O)NC3NC(Nc4cc(Cl)cc(Cl)c4)NC(=O)C32)c1. The predicted molar refractivity (Wildman–Crippen MR) is 123 cm³/mol. The van der Waals surface area contributed by atoms with E-state index in [4.69, 9.17) is 23.2 Å². The Balaban J connectivity index is 1.50. The van der Waals surface area contributed by atoms with Crippen LogP contribution < -0.4 is 26.6 Å². The maximum atomic E-state index is 13.0. The molecule has 2 fully saturated rings. The van der Waals surface area contributed by atoms with Crippen LogP contribution in [0.2, 0.25) is 10.0 Å². The van der Waals surface area contributed by atoms with E-state index in [1.54, 1.807) is 18.2 Å². The van der Waals surface area contributed by atoms with Gasteiger partial charge in [0.05, 0.1) is 18.0 Å². The molecule has 4 unspecified atom stereocenters. The third kappa shape index (κ3) is 4.98. The topological polar surface area (TPSA) is 111 Å². The number of hydrogen-bond donors (Lipinski definition) is 5. The van der Waals surface area contributed by atoms with E-state index in [9.17, 15) is 14.4 Å². The highest BCUT2D eigenvalue weighted by Gasteiger charge is 2.48.